The molecule has 0 saturated heterocycles. The summed E-state index contributed by atoms with van der Waals surface area (Å²) in [6.45, 7) is 4.21. The first-order chi connectivity index (χ1) is 16.0. The van der Waals surface area contributed by atoms with E-state index >= 15 is 0 Å². The number of hydrogen-bond donors (Lipinski definition) is 0. The van der Waals surface area contributed by atoms with Gasteiger partial charge in [0, 0.05) is 5.56 Å². The lowest BCUT2D eigenvalue weighted by atomic mass is 9.92. The first kappa shape index (κ1) is 22.0. The molecule has 0 saturated carbocycles. The Bertz CT molecular complexity index is 1260. The predicted molar refractivity (Wildman–Crippen MR) is 129 cm³/mol. The van der Waals surface area contributed by atoms with E-state index in [-0.39, 0.29) is 17.4 Å². The maximum Gasteiger partial charge on any atom is 0.343 e. The van der Waals surface area contributed by atoms with Crippen LogP contribution in [0.15, 0.2) is 103 Å². The van der Waals surface area contributed by atoms with E-state index in [9.17, 15) is 9.59 Å². The SMILES string of the molecule is CC(C)c1ccccc1-c1cccc(OC(=O)c2ccccc2)c1OC(=O)c1ccccc1. The molecule has 164 valence electrons. The second kappa shape index (κ2) is 9.96. The Morgan fingerprint density at radius 1 is 0.576 bits per heavy atom. The first-order valence-electron chi connectivity index (χ1n) is 10.8. The van der Waals surface area contributed by atoms with Crippen LogP contribution < -0.4 is 9.47 Å². The summed E-state index contributed by atoms with van der Waals surface area (Å²) in [4.78, 5) is 25.7. The molecule has 0 aliphatic carbocycles. The molecular formula is C29H24O4. The van der Waals surface area contributed by atoms with Gasteiger partial charge in [0.15, 0.2) is 11.5 Å². The maximum atomic E-state index is 13.0. The second-order valence-corrected chi connectivity index (χ2v) is 7.89. The highest BCUT2D eigenvalue weighted by Gasteiger charge is 2.22. The minimum atomic E-state index is -0.526. The Balaban J connectivity index is 1.81. The number of ether oxygens (including phenoxy) is 2. The molecule has 0 aliphatic rings. The topological polar surface area (TPSA) is 52.6 Å². The average molecular weight is 437 g/mol. The van der Waals surface area contributed by atoms with Gasteiger partial charge >= 0.3 is 11.9 Å². The van der Waals surface area contributed by atoms with Crippen LogP contribution in [0.1, 0.15) is 46.0 Å². The van der Waals surface area contributed by atoms with Crippen molar-refractivity contribution in [2.75, 3.05) is 0 Å². The van der Waals surface area contributed by atoms with Gasteiger partial charge in [0.1, 0.15) is 0 Å². The minimum absolute atomic E-state index is 0.184. The first-order valence-corrected chi connectivity index (χ1v) is 10.8. The smallest absolute Gasteiger partial charge is 0.343 e. The fraction of sp³-hybridized carbons (Fsp3) is 0.103. The quantitative estimate of drug-likeness (QED) is 0.243. The van der Waals surface area contributed by atoms with Crippen LogP contribution in [0.3, 0.4) is 0 Å². The van der Waals surface area contributed by atoms with Crippen LogP contribution in [0.5, 0.6) is 11.5 Å². The highest BCUT2D eigenvalue weighted by atomic mass is 16.6. The molecule has 0 fully saturated rings. The van der Waals surface area contributed by atoms with Gasteiger partial charge in [0.2, 0.25) is 0 Å². The molecule has 0 amide bonds. The van der Waals surface area contributed by atoms with Gasteiger partial charge in [-0.2, -0.15) is 0 Å². The molecule has 0 unspecified atom stereocenters. The molecule has 0 spiro atoms. The Morgan fingerprint density at radius 3 is 1.70 bits per heavy atom. The van der Waals surface area contributed by atoms with Crippen LogP contribution >= 0.6 is 0 Å². The van der Waals surface area contributed by atoms with Crippen molar-refractivity contribution in [3.8, 4) is 22.6 Å². The zero-order valence-electron chi connectivity index (χ0n) is 18.5. The van der Waals surface area contributed by atoms with E-state index in [1.54, 1.807) is 60.7 Å². The molecule has 0 atom stereocenters. The number of carbonyl (C=O) groups excluding carboxylic acids is 2. The molecule has 4 nitrogen and oxygen atoms in total. The van der Waals surface area contributed by atoms with E-state index in [1.807, 2.05) is 42.5 Å². The minimum Gasteiger partial charge on any atom is -0.419 e. The molecule has 0 radical (unpaired) electrons. The molecule has 0 aliphatic heterocycles. The van der Waals surface area contributed by atoms with Gasteiger partial charge in [-0.1, -0.05) is 86.6 Å². The summed E-state index contributed by atoms with van der Waals surface area (Å²) in [6, 6.07) is 30.7. The summed E-state index contributed by atoms with van der Waals surface area (Å²) in [7, 11) is 0. The third-order valence-electron chi connectivity index (χ3n) is 5.27. The number of carbonyl (C=O) groups is 2. The maximum absolute atomic E-state index is 13.0. The van der Waals surface area contributed by atoms with Crippen LogP contribution in [0.4, 0.5) is 0 Å². The van der Waals surface area contributed by atoms with Crippen molar-refractivity contribution in [3.05, 3.63) is 120 Å². The summed E-state index contributed by atoms with van der Waals surface area (Å²) in [6.07, 6.45) is 0. The summed E-state index contributed by atoms with van der Waals surface area (Å²) >= 11 is 0. The van der Waals surface area contributed by atoms with Crippen molar-refractivity contribution in [1.29, 1.82) is 0 Å². The number of esters is 2. The van der Waals surface area contributed by atoms with Crippen LogP contribution in [-0.2, 0) is 0 Å². The largest absolute Gasteiger partial charge is 0.419 e. The van der Waals surface area contributed by atoms with Crippen LogP contribution in [0, 0.1) is 0 Å². The summed E-state index contributed by atoms with van der Waals surface area (Å²) in [5.74, 6) is -0.411. The van der Waals surface area contributed by atoms with Crippen LogP contribution in [-0.4, -0.2) is 11.9 Å². The van der Waals surface area contributed by atoms with E-state index in [0.717, 1.165) is 11.1 Å². The molecule has 4 aromatic rings. The van der Waals surface area contributed by atoms with Gasteiger partial charge in [-0.05, 0) is 47.4 Å². The number of benzene rings is 4. The van der Waals surface area contributed by atoms with E-state index < -0.39 is 11.9 Å². The Hall–Kier alpha value is -4.18. The number of rotatable bonds is 6. The lowest BCUT2D eigenvalue weighted by Crippen LogP contribution is -2.13. The Kier molecular flexibility index (Phi) is 6.65. The highest BCUT2D eigenvalue weighted by molar-refractivity contribution is 5.95. The fourth-order valence-electron chi connectivity index (χ4n) is 3.62. The van der Waals surface area contributed by atoms with Crippen molar-refractivity contribution in [3.63, 3.8) is 0 Å². The number of hydrogen-bond acceptors (Lipinski definition) is 4. The Labute approximate surface area is 193 Å². The van der Waals surface area contributed by atoms with E-state index in [1.165, 1.54) is 0 Å². The molecule has 4 heteroatoms. The third-order valence-corrected chi connectivity index (χ3v) is 5.27. The molecule has 0 bridgehead atoms. The average Bonchev–Trinajstić information content (AvgIpc) is 2.86. The van der Waals surface area contributed by atoms with Crippen LogP contribution in [0.2, 0.25) is 0 Å². The van der Waals surface area contributed by atoms with E-state index in [2.05, 4.69) is 13.8 Å². The molecule has 33 heavy (non-hydrogen) atoms. The van der Waals surface area contributed by atoms with Crippen molar-refractivity contribution < 1.29 is 19.1 Å². The zero-order valence-corrected chi connectivity index (χ0v) is 18.5. The molecular weight excluding hydrogens is 412 g/mol. The highest BCUT2D eigenvalue weighted by Crippen LogP contribution is 2.41. The van der Waals surface area contributed by atoms with Gasteiger partial charge in [0.25, 0.3) is 0 Å². The zero-order chi connectivity index (χ0) is 23.2. The van der Waals surface area contributed by atoms with Gasteiger partial charge < -0.3 is 9.47 Å². The Morgan fingerprint density at radius 2 is 1.09 bits per heavy atom. The van der Waals surface area contributed by atoms with E-state index in [4.69, 9.17) is 9.47 Å². The monoisotopic (exact) mass is 436 g/mol. The van der Waals surface area contributed by atoms with Crippen molar-refractivity contribution >= 4 is 11.9 Å². The molecule has 0 aromatic heterocycles. The van der Waals surface area contributed by atoms with Gasteiger partial charge in [-0.25, -0.2) is 9.59 Å². The lowest BCUT2D eigenvalue weighted by Gasteiger charge is -2.18. The molecule has 4 rings (SSSR count). The molecule has 0 N–H and O–H groups in total. The van der Waals surface area contributed by atoms with Crippen molar-refractivity contribution in [1.82, 2.24) is 0 Å². The van der Waals surface area contributed by atoms with Crippen LogP contribution in [0.25, 0.3) is 11.1 Å². The predicted octanol–water partition coefficient (Wildman–Crippen LogP) is 6.92. The second-order valence-electron chi connectivity index (χ2n) is 7.89. The third kappa shape index (κ3) is 5.01. The molecule has 4 aromatic carbocycles. The van der Waals surface area contributed by atoms with Crippen molar-refractivity contribution in [2.45, 2.75) is 19.8 Å². The normalized spacial score (nSPS) is 10.6. The summed E-state index contributed by atoms with van der Waals surface area (Å²) < 4.78 is 11.6. The lowest BCUT2D eigenvalue weighted by molar-refractivity contribution is 0.0683. The number of para-hydroxylation sites is 1. The van der Waals surface area contributed by atoms with E-state index in [0.29, 0.717) is 16.7 Å². The molecule has 0 heterocycles. The van der Waals surface area contributed by atoms with Crippen molar-refractivity contribution in [2.24, 2.45) is 0 Å². The summed E-state index contributed by atoms with van der Waals surface area (Å²) in [5, 5.41) is 0. The summed E-state index contributed by atoms with van der Waals surface area (Å²) in [5.41, 5.74) is 3.51. The van der Waals surface area contributed by atoms with Gasteiger partial charge in [0.05, 0.1) is 11.1 Å². The fourth-order valence-corrected chi connectivity index (χ4v) is 3.62. The van der Waals surface area contributed by atoms with Gasteiger partial charge in [-0.15, -0.1) is 0 Å². The standard InChI is InChI=1S/C29H24O4/c1-20(2)23-16-9-10-17-24(23)25-18-11-19-26(32-28(30)21-12-5-3-6-13-21)27(25)33-29(31)22-14-7-4-8-15-22/h3-20H,1-2H3. The van der Waals surface area contributed by atoms with Gasteiger partial charge in [-0.3, -0.25) is 0 Å².